The number of aryl methyl sites for hydroxylation is 2. The summed E-state index contributed by atoms with van der Waals surface area (Å²) < 4.78 is 0. The summed E-state index contributed by atoms with van der Waals surface area (Å²) >= 11 is 0. The molecule has 0 radical (unpaired) electrons. The van der Waals surface area contributed by atoms with Gasteiger partial charge in [-0.3, -0.25) is 9.69 Å². The van der Waals surface area contributed by atoms with Crippen LogP contribution in [-0.2, 0) is 0 Å². The zero-order chi connectivity index (χ0) is 19.7. The van der Waals surface area contributed by atoms with Gasteiger partial charge in [-0.05, 0) is 37.1 Å². The Morgan fingerprint density at radius 2 is 1.82 bits per heavy atom. The van der Waals surface area contributed by atoms with Crippen molar-refractivity contribution in [3.8, 4) is 0 Å². The number of rotatable bonds is 3. The third kappa shape index (κ3) is 3.49. The first-order valence-corrected chi connectivity index (χ1v) is 9.52. The number of carbonyl (C=O) groups is 2. The second-order valence-electron chi connectivity index (χ2n) is 7.22. The molecule has 2 aromatic heterocycles. The molecule has 1 N–H and O–H groups in total. The van der Waals surface area contributed by atoms with Crippen molar-refractivity contribution in [3.05, 3.63) is 47.4 Å². The smallest absolute Gasteiger partial charge is 0.322 e. The van der Waals surface area contributed by atoms with Gasteiger partial charge in [0.15, 0.2) is 0 Å². The van der Waals surface area contributed by atoms with Crippen molar-refractivity contribution in [2.45, 2.75) is 13.8 Å². The minimum absolute atomic E-state index is 0.0781. The van der Waals surface area contributed by atoms with Crippen molar-refractivity contribution in [2.24, 2.45) is 0 Å². The molecule has 0 bridgehead atoms. The summed E-state index contributed by atoms with van der Waals surface area (Å²) in [5, 5.41) is 2.76. The van der Waals surface area contributed by atoms with Gasteiger partial charge in [0, 0.05) is 45.5 Å². The summed E-state index contributed by atoms with van der Waals surface area (Å²) in [6.07, 6.45) is 3.47. The van der Waals surface area contributed by atoms with Crippen molar-refractivity contribution < 1.29 is 9.59 Å². The van der Waals surface area contributed by atoms with Gasteiger partial charge < -0.3 is 15.1 Å². The molecule has 0 unspecified atom stereocenters. The van der Waals surface area contributed by atoms with Crippen LogP contribution in [0.2, 0.25) is 0 Å². The maximum Gasteiger partial charge on any atom is 0.322 e. The Bertz CT molecular complexity index is 890. The highest BCUT2D eigenvalue weighted by Crippen LogP contribution is 2.20. The van der Waals surface area contributed by atoms with Crippen molar-refractivity contribution in [1.29, 1.82) is 0 Å². The Balaban J connectivity index is 1.39. The van der Waals surface area contributed by atoms with E-state index in [0.717, 1.165) is 30.0 Å². The Morgan fingerprint density at radius 3 is 2.43 bits per heavy atom. The molecule has 4 heterocycles. The minimum atomic E-state index is -0.128. The van der Waals surface area contributed by atoms with E-state index in [1.165, 1.54) is 0 Å². The van der Waals surface area contributed by atoms with E-state index in [4.69, 9.17) is 0 Å². The van der Waals surface area contributed by atoms with Gasteiger partial charge in [0.25, 0.3) is 5.91 Å². The lowest BCUT2D eigenvalue weighted by Gasteiger charge is -2.36. The molecule has 3 amide bonds. The number of nitrogens with one attached hydrogen (secondary N) is 1. The zero-order valence-electron chi connectivity index (χ0n) is 16.2. The van der Waals surface area contributed by atoms with Crippen LogP contribution in [0.1, 0.15) is 21.6 Å². The van der Waals surface area contributed by atoms with E-state index in [1.54, 1.807) is 23.2 Å². The fraction of sp³-hybridized carbons (Fsp3) is 0.400. The fourth-order valence-corrected chi connectivity index (χ4v) is 3.71. The lowest BCUT2D eigenvalue weighted by Crippen LogP contribution is -2.49. The predicted molar refractivity (Wildman–Crippen MR) is 107 cm³/mol. The summed E-state index contributed by atoms with van der Waals surface area (Å²) in [5.41, 5.74) is 3.41. The largest absolute Gasteiger partial charge is 0.353 e. The van der Waals surface area contributed by atoms with Crippen LogP contribution in [0.25, 0.3) is 0 Å². The summed E-state index contributed by atoms with van der Waals surface area (Å²) in [6, 6.07) is 5.48. The molecular formula is C20H24N6O2. The van der Waals surface area contributed by atoms with E-state index in [2.05, 4.69) is 33.2 Å². The highest BCUT2D eigenvalue weighted by Gasteiger charge is 2.25. The van der Waals surface area contributed by atoms with E-state index in [-0.39, 0.29) is 11.9 Å². The molecule has 146 valence electrons. The van der Waals surface area contributed by atoms with Crippen molar-refractivity contribution >= 4 is 23.4 Å². The van der Waals surface area contributed by atoms with Gasteiger partial charge in [-0.1, -0.05) is 6.07 Å². The fourth-order valence-electron chi connectivity index (χ4n) is 3.71. The first-order valence-electron chi connectivity index (χ1n) is 9.52. The van der Waals surface area contributed by atoms with Gasteiger partial charge in [0.05, 0.1) is 11.9 Å². The standard InChI is InChI=1S/C20H24N6O2/c1-14-11-15(2)18(23-12-14)24-7-9-25(10-8-24)19(27)17-4-3-16(13-22-17)26-6-5-21-20(26)28/h3-4,11-13H,5-10H2,1-2H3,(H,21,28). The van der Waals surface area contributed by atoms with Gasteiger partial charge in [-0.2, -0.15) is 0 Å². The molecule has 2 aliphatic rings. The zero-order valence-corrected chi connectivity index (χ0v) is 16.2. The molecule has 0 atom stereocenters. The number of hydrogen-bond acceptors (Lipinski definition) is 5. The van der Waals surface area contributed by atoms with Gasteiger partial charge >= 0.3 is 6.03 Å². The first-order chi connectivity index (χ1) is 13.5. The van der Waals surface area contributed by atoms with Crippen molar-refractivity contribution in [1.82, 2.24) is 20.2 Å². The Kier molecular flexibility index (Phi) is 4.85. The number of pyridine rings is 2. The van der Waals surface area contributed by atoms with Crippen LogP contribution in [0.3, 0.4) is 0 Å². The second kappa shape index (κ2) is 7.46. The van der Waals surface area contributed by atoms with E-state index >= 15 is 0 Å². The average Bonchev–Trinajstić information content (AvgIpc) is 3.14. The summed E-state index contributed by atoms with van der Waals surface area (Å²) in [6.45, 7) is 8.09. The number of piperazine rings is 1. The Hall–Kier alpha value is -3.16. The molecule has 2 saturated heterocycles. The molecule has 0 saturated carbocycles. The van der Waals surface area contributed by atoms with Crippen LogP contribution in [0.4, 0.5) is 16.3 Å². The van der Waals surface area contributed by atoms with Crippen LogP contribution in [-0.4, -0.2) is 66.1 Å². The number of urea groups is 1. The lowest BCUT2D eigenvalue weighted by molar-refractivity contribution is 0.0740. The van der Waals surface area contributed by atoms with Crippen LogP contribution >= 0.6 is 0 Å². The normalized spacial score (nSPS) is 17.1. The van der Waals surface area contributed by atoms with E-state index in [0.29, 0.717) is 37.6 Å². The van der Waals surface area contributed by atoms with E-state index in [9.17, 15) is 9.59 Å². The number of hydrogen-bond donors (Lipinski definition) is 1. The predicted octanol–water partition coefficient (Wildman–Crippen LogP) is 1.59. The quantitative estimate of drug-likeness (QED) is 0.874. The second-order valence-corrected chi connectivity index (χ2v) is 7.22. The summed E-state index contributed by atoms with van der Waals surface area (Å²) in [5.74, 6) is 0.912. The van der Waals surface area contributed by atoms with Crippen LogP contribution < -0.4 is 15.1 Å². The van der Waals surface area contributed by atoms with Gasteiger partial charge in [0.1, 0.15) is 11.5 Å². The number of anilines is 2. The molecular weight excluding hydrogens is 356 g/mol. The Labute approximate surface area is 164 Å². The van der Waals surface area contributed by atoms with Crippen LogP contribution in [0.15, 0.2) is 30.6 Å². The summed E-state index contributed by atoms with van der Waals surface area (Å²) in [7, 11) is 0. The monoisotopic (exact) mass is 380 g/mol. The van der Waals surface area contributed by atoms with E-state index in [1.807, 2.05) is 18.0 Å². The average molecular weight is 380 g/mol. The molecule has 4 rings (SSSR count). The van der Waals surface area contributed by atoms with Gasteiger partial charge in [0.2, 0.25) is 0 Å². The molecule has 0 aliphatic carbocycles. The van der Waals surface area contributed by atoms with Crippen molar-refractivity contribution in [2.75, 3.05) is 49.1 Å². The number of carbonyl (C=O) groups excluding carboxylic acids is 2. The molecule has 0 spiro atoms. The third-order valence-corrected chi connectivity index (χ3v) is 5.19. The number of aromatic nitrogens is 2. The number of nitrogens with zero attached hydrogens (tertiary/aromatic N) is 5. The highest BCUT2D eigenvalue weighted by atomic mass is 16.2. The highest BCUT2D eigenvalue weighted by molar-refractivity contribution is 5.95. The molecule has 28 heavy (non-hydrogen) atoms. The lowest BCUT2D eigenvalue weighted by atomic mass is 10.2. The number of amides is 3. The maximum atomic E-state index is 12.8. The van der Waals surface area contributed by atoms with Crippen LogP contribution in [0.5, 0.6) is 0 Å². The van der Waals surface area contributed by atoms with Crippen molar-refractivity contribution in [3.63, 3.8) is 0 Å². The summed E-state index contributed by atoms with van der Waals surface area (Å²) in [4.78, 5) is 39.0. The molecule has 2 aliphatic heterocycles. The molecule has 2 aromatic rings. The molecule has 2 fully saturated rings. The topological polar surface area (TPSA) is 81.7 Å². The van der Waals surface area contributed by atoms with Crippen LogP contribution in [0, 0.1) is 13.8 Å². The first kappa shape index (κ1) is 18.2. The molecule has 8 nitrogen and oxygen atoms in total. The molecule has 0 aromatic carbocycles. The van der Waals surface area contributed by atoms with Gasteiger partial charge in [-0.25, -0.2) is 14.8 Å². The van der Waals surface area contributed by atoms with E-state index < -0.39 is 0 Å². The maximum absolute atomic E-state index is 12.8. The SMILES string of the molecule is Cc1cnc(N2CCN(C(=O)c3ccc(N4CCNC4=O)cn3)CC2)c(C)c1. The third-order valence-electron chi connectivity index (χ3n) is 5.19. The minimum Gasteiger partial charge on any atom is -0.353 e. The molecule has 8 heteroatoms. The van der Waals surface area contributed by atoms with Gasteiger partial charge in [-0.15, -0.1) is 0 Å². The Morgan fingerprint density at radius 1 is 1.04 bits per heavy atom.